The van der Waals surface area contributed by atoms with E-state index in [0.717, 1.165) is 11.3 Å². The molecule has 2 rings (SSSR count). The fourth-order valence-corrected chi connectivity index (χ4v) is 1.84. The number of aromatic nitrogens is 2. The van der Waals surface area contributed by atoms with Crippen LogP contribution in [0.25, 0.3) is 0 Å². The Labute approximate surface area is 124 Å². The zero-order valence-corrected chi connectivity index (χ0v) is 12.3. The van der Waals surface area contributed by atoms with Crippen LogP contribution in [0.4, 0.5) is 0 Å². The molecule has 1 amide bonds. The van der Waals surface area contributed by atoms with Gasteiger partial charge in [-0.2, -0.15) is 10.2 Å². The summed E-state index contributed by atoms with van der Waals surface area (Å²) in [7, 11) is 0. The number of benzene rings is 1. The molecule has 0 atom stereocenters. The number of nitrogens with one attached hydrogen (secondary N) is 2. The summed E-state index contributed by atoms with van der Waals surface area (Å²) >= 11 is 3.21. The lowest BCUT2D eigenvalue weighted by molar-refractivity contribution is 0.0949. The molecule has 20 heavy (non-hydrogen) atoms. The van der Waals surface area contributed by atoms with Crippen molar-refractivity contribution in [2.45, 2.75) is 6.92 Å². The Morgan fingerprint density at radius 3 is 2.85 bits per heavy atom. The monoisotopic (exact) mass is 336 g/mol. The third-order valence-electron chi connectivity index (χ3n) is 2.39. The summed E-state index contributed by atoms with van der Waals surface area (Å²) < 4.78 is 5.92. The Morgan fingerprint density at radius 2 is 2.25 bits per heavy atom. The summed E-state index contributed by atoms with van der Waals surface area (Å²) in [5.74, 6) is 0.437. The molecule has 1 aromatic heterocycles. The van der Waals surface area contributed by atoms with Gasteiger partial charge in [0.1, 0.15) is 11.4 Å². The number of amides is 1. The van der Waals surface area contributed by atoms with E-state index >= 15 is 0 Å². The molecule has 0 saturated heterocycles. The SMILES string of the molecule is CCOc1ccc(/C=N\NC(=O)c2[nH]ncc2Br)cc1. The van der Waals surface area contributed by atoms with Gasteiger partial charge in [0.2, 0.25) is 0 Å². The highest BCUT2D eigenvalue weighted by atomic mass is 79.9. The van der Waals surface area contributed by atoms with Crippen LogP contribution in [0.3, 0.4) is 0 Å². The maximum absolute atomic E-state index is 11.7. The van der Waals surface area contributed by atoms with Crippen LogP contribution in [0.5, 0.6) is 5.75 Å². The van der Waals surface area contributed by atoms with Gasteiger partial charge in [-0.3, -0.25) is 9.89 Å². The van der Waals surface area contributed by atoms with Crippen LogP contribution < -0.4 is 10.2 Å². The van der Waals surface area contributed by atoms with Crippen molar-refractivity contribution >= 4 is 28.1 Å². The zero-order chi connectivity index (χ0) is 14.4. The number of carbonyl (C=O) groups excluding carboxylic acids is 1. The van der Waals surface area contributed by atoms with Crippen LogP contribution in [0.1, 0.15) is 23.0 Å². The Hall–Kier alpha value is -2.15. The highest BCUT2D eigenvalue weighted by molar-refractivity contribution is 9.10. The number of hydrogen-bond acceptors (Lipinski definition) is 4. The van der Waals surface area contributed by atoms with Gasteiger partial charge in [-0.1, -0.05) is 0 Å². The number of aromatic amines is 1. The van der Waals surface area contributed by atoms with Crippen molar-refractivity contribution in [3.8, 4) is 5.75 Å². The maximum atomic E-state index is 11.7. The fourth-order valence-electron chi connectivity index (χ4n) is 1.47. The number of hydrogen-bond donors (Lipinski definition) is 2. The van der Waals surface area contributed by atoms with Crippen molar-refractivity contribution in [1.29, 1.82) is 0 Å². The van der Waals surface area contributed by atoms with Crippen molar-refractivity contribution in [2.75, 3.05) is 6.61 Å². The molecule has 1 aromatic carbocycles. The first-order valence-electron chi connectivity index (χ1n) is 5.96. The number of H-pyrrole nitrogens is 1. The van der Waals surface area contributed by atoms with Crippen LogP contribution in [-0.4, -0.2) is 28.9 Å². The number of ether oxygens (including phenoxy) is 1. The van der Waals surface area contributed by atoms with Crippen molar-refractivity contribution in [1.82, 2.24) is 15.6 Å². The van der Waals surface area contributed by atoms with Crippen LogP contribution in [-0.2, 0) is 0 Å². The van der Waals surface area contributed by atoms with E-state index in [9.17, 15) is 4.79 Å². The molecule has 0 fully saturated rings. The van der Waals surface area contributed by atoms with Gasteiger partial charge >= 0.3 is 0 Å². The topological polar surface area (TPSA) is 79.4 Å². The van der Waals surface area contributed by atoms with Crippen LogP contribution in [0.2, 0.25) is 0 Å². The quantitative estimate of drug-likeness (QED) is 0.649. The molecule has 7 heteroatoms. The fraction of sp³-hybridized carbons (Fsp3) is 0.154. The first kappa shape index (κ1) is 14.3. The third-order valence-corrected chi connectivity index (χ3v) is 2.99. The minimum Gasteiger partial charge on any atom is -0.494 e. The Kier molecular flexibility index (Phi) is 4.89. The molecule has 0 bridgehead atoms. The van der Waals surface area contributed by atoms with E-state index in [1.165, 1.54) is 6.20 Å². The summed E-state index contributed by atoms with van der Waals surface area (Å²) in [6, 6.07) is 7.40. The lowest BCUT2D eigenvalue weighted by atomic mass is 10.2. The maximum Gasteiger partial charge on any atom is 0.290 e. The van der Waals surface area contributed by atoms with Crippen LogP contribution in [0.15, 0.2) is 40.0 Å². The highest BCUT2D eigenvalue weighted by Gasteiger charge is 2.10. The minimum absolute atomic E-state index is 0.328. The molecule has 2 N–H and O–H groups in total. The van der Waals surface area contributed by atoms with E-state index in [2.05, 4.69) is 36.7 Å². The van der Waals surface area contributed by atoms with E-state index in [-0.39, 0.29) is 5.91 Å². The largest absolute Gasteiger partial charge is 0.494 e. The normalized spacial score (nSPS) is 10.7. The Morgan fingerprint density at radius 1 is 1.50 bits per heavy atom. The minimum atomic E-state index is -0.364. The summed E-state index contributed by atoms with van der Waals surface area (Å²) in [5, 5.41) is 10.2. The van der Waals surface area contributed by atoms with Gasteiger partial charge in [0.25, 0.3) is 5.91 Å². The highest BCUT2D eigenvalue weighted by Crippen LogP contribution is 2.12. The molecule has 2 aromatic rings. The van der Waals surface area contributed by atoms with Gasteiger partial charge in [0, 0.05) is 0 Å². The molecular formula is C13H13BrN4O2. The first-order chi connectivity index (χ1) is 9.70. The predicted octanol–water partition coefficient (Wildman–Crippen LogP) is 2.33. The molecule has 0 aliphatic heterocycles. The molecule has 1 heterocycles. The molecule has 0 radical (unpaired) electrons. The number of halogens is 1. The smallest absolute Gasteiger partial charge is 0.290 e. The number of nitrogens with zero attached hydrogens (tertiary/aromatic N) is 2. The summed E-state index contributed by atoms with van der Waals surface area (Å²) in [5.41, 5.74) is 3.60. The van der Waals surface area contributed by atoms with E-state index < -0.39 is 0 Å². The molecule has 104 valence electrons. The lowest BCUT2D eigenvalue weighted by Crippen LogP contribution is -2.18. The third kappa shape index (κ3) is 3.67. The second kappa shape index (κ2) is 6.85. The Bertz CT molecular complexity index is 607. The van der Waals surface area contributed by atoms with E-state index in [1.807, 2.05) is 31.2 Å². The van der Waals surface area contributed by atoms with E-state index in [0.29, 0.717) is 16.8 Å². The molecule has 6 nitrogen and oxygen atoms in total. The van der Waals surface area contributed by atoms with E-state index in [1.54, 1.807) is 6.21 Å². The van der Waals surface area contributed by atoms with Gasteiger partial charge in [-0.05, 0) is 52.7 Å². The van der Waals surface area contributed by atoms with Gasteiger partial charge in [0.05, 0.1) is 23.5 Å². The summed E-state index contributed by atoms with van der Waals surface area (Å²) in [4.78, 5) is 11.7. The molecule has 0 aliphatic rings. The van der Waals surface area contributed by atoms with Crippen LogP contribution in [0, 0.1) is 0 Å². The van der Waals surface area contributed by atoms with Gasteiger partial charge in [-0.15, -0.1) is 0 Å². The van der Waals surface area contributed by atoms with Crippen molar-refractivity contribution in [2.24, 2.45) is 5.10 Å². The van der Waals surface area contributed by atoms with Crippen LogP contribution >= 0.6 is 15.9 Å². The lowest BCUT2D eigenvalue weighted by Gasteiger charge is -2.02. The van der Waals surface area contributed by atoms with Crippen molar-refractivity contribution in [3.63, 3.8) is 0 Å². The zero-order valence-electron chi connectivity index (χ0n) is 10.8. The first-order valence-corrected chi connectivity index (χ1v) is 6.75. The summed E-state index contributed by atoms with van der Waals surface area (Å²) in [6.07, 6.45) is 3.06. The second-order valence-corrected chi connectivity index (χ2v) is 4.65. The van der Waals surface area contributed by atoms with E-state index in [4.69, 9.17) is 4.74 Å². The Balaban J connectivity index is 1.93. The average molecular weight is 337 g/mol. The number of hydrazone groups is 1. The van der Waals surface area contributed by atoms with Crippen molar-refractivity contribution < 1.29 is 9.53 Å². The van der Waals surface area contributed by atoms with Gasteiger partial charge in [-0.25, -0.2) is 5.43 Å². The molecular weight excluding hydrogens is 324 g/mol. The molecule has 0 spiro atoms. The average Bonchev–Trinajstić information content (AvgIpc) is 2.87. The van der Waals surface area contributed by atoms with Crippen molar-refractivity contribution in [3.05, 3.63) is 46.2 Å². The number of rotatable bonds is 5. The molecule has 0 unspecified atom stereocenters. The van der Waals surface area contributed by atoms with Gasteiger partial charge in [0.15, 0.2) is 0 Å². The predicted molar refractivity (Wildman–Crippen MR) is 79.0 cm³/mol. The molecule has 0 saturated carbocycles. The number of carbonyl (C=O) groups is 1. The standard InChI is InChI=1S/C13H13BrN4O2/c1-2-20-10-5-3-9(4-6-10)7-15-18-13(19)12-11(14)8-16-17-12/h3-8H,2H2,1H3,(H,16,17)(H,18,19)/b15-7-. The summed E-state index contributed by atoms with van der Waals surface area (Å²) in [6.45, 7) is 2.56. The van der Waals surface area contributed by atoms with Gasteiger partial charge < -0.3 is 4.74 Å². The second-order valence-electron chi connectivity index (χ2n) is 3.79. The molecule has 0 aliphatic carbocycles.